The summed E-state index contributed by atoms with van der Waals surface area (Å²) >= 11 is 0. The summed E-state index contributed by atoms with van der Waals surface area (Å²) < 4.78 is 34.9. The molecule has 34 heavy (non-hydrogen) atoms. The van der Waals surface area contributed by atoms with Crippen LogP contribution in [-0.4, -0.2) is 48.5 Å². The molecule has 8 heteroatoms. The van der Waals surface area contributed by atoms with E-state index in [1.165, 1.54) is 9.91 Å². The Balaban J connectivity index is 1.66. The standard InChI is InChI=1S/C26H30F2N4O2/c1-31(2)25(33)32-26(19-10-5-3-6-11-19,16-9-17-29-21-12-7-4-8-13-21)34-24(30-32)22-18-20(27)14-15-23(22)28/h3,5-7,10-12,14-15,18,21,29H,4,8-9,13,16-17H2,1-2H3. The summed E-state index contributed by atoms with van der Waals surface area (Å²) in [5, 5.41) is 9.17. The van der Waals surface area contributed by atoms with Gasteiger partial charge in [0.1, 0.15) is 11.6 Å². The molecule has 2 amide bonds. The van der Waals surface area contributed by atoms with E-state index < -0.39 is 23.4 Å². The van der Waals surface area contributed by atoms with Crippen LogP contribution in [0.25, 0.3) is 0 Å². The topological polar surface area (TPSA) is 57.2 Å². The van der Waals surface area contributed by atoms with E-state index in [2.05, 4.69) is 22.6 Å². The first-order valence-corrected chi connectivity index (χ1v) is 11.6. The zero-order chi connectivity index (χ0) is 24.1. The molecule has 2 unspecified atom stereocenters. The lowest BCUT2D eigenvalue weighted by Gasteiger charge is -2.36. The Morgan fingerprint density at radius 1 is 1.24 bits per heavy atom. The highest BCUT2D eigenvalue weighted by Crippen LogP contribution is 2.41. The van der Waals surface area contributed by atoms with Crippen molar-refractivity contribution in [1.82, 2.24) is 15.2 Å². The summed E-state index contributed by atoms with van der Waals surface area (Å²) in [5.74, 6) is -1.42. The summed E-state index contributed by atoms with van der Waals surface area (Å²) in [6.45, 7) is 0.709. The van der Waals surface area contributed by atoms with Crippen LogP contribution in [0, 0.1) is 11.6 Å². The summed E-state index contributed by atoms with van der Waals surface area (Å²) in [5.41, 5.74) is -0.709. The van der Waals surface area contributed by atoms with Crippen molar-refractivity contribution in [2.45, 2.75) is 43.9 Å². The molecular formula is C26H30F2N4O2. The van der Waals surface area contributed by atoms with Gasteiger partial charge >= 0.3 is 6.03 Å². The second-order valence-corrected chi connectivity index (χ2v) is 8.79. The van der Waals surface area contributed by atoms with Crippen LogP contribution in [0.3, 0.4) is 0 Å². The van der Waals surface area contributed by atoms with Crippen molar-refractivity contribution in [3.05, 3.63) is 83.4 Å². The molecule has 0 fully saturated rings. The lowest BCUT2D eigenvalue weighted by atomic mass is 9.96. The van der Waals surface area contributed by atoms with Gasteiger partial charge in [-0.25, -0.2) is 13.6 Å². The predicted octanol–water partition coefficient (Wildman–Crippen LogP) is 4.97. The largest absolute Gasteiger partial charge is 0.443 e. The number of hydrogen-bond donors (Lipinski definition) is 1. The third-order valence-corrected chi connectivity index (χ3v) is 6.10. The van der Waals surface area contributed by atoms with Gasteiger partial charge in [-0.1, -0.05) is 42.5 Å². The summed E-state index contributed by atoms with van der Waals surface area (Å²) in [4.78, 5) is 14.6. The zero-order valence-corrected chi connectivity index (χ0v) is 19.5. The van der Waals surface area contributed by atoms with E-state index >= 15 is 0 Å². The van der Waals surface area contributed by atoms with E-state index in [0.717, 1.165) is 37.5 Å². The number of hydrazone groups is 1. The van der Waals surface area contributed by atoms with Crippen molar-refractivity contribution in [1.29, 1.82) is 0 Å². The van der Waals surface area contributed by atoms with Crippen molar-refractivity contribution in [2.24, 2.45) is 5.10 Å². The monoisotopic (exact) mass is 468 g/mol. The number of nitrogens with one attached hydrogen (secondary N) is 1. The van der Waals surface area contributed by atoms with Crippen molar-refractivity contribution >= 4 is 11.9 Å². The summed E-state index contributed by atoms with van der Waals surface area (Å²) in [6, 6.07) is 12.3. The average Bonchev–Trinajstić information content (AvgIpc) is 3.24. The number of urea groups is 1. The minimum atomic E-state index is -1.29. The van der Waals surface area contributed by atoms with Gasteiger partial charge in [0, 0.05) is 32.1 Å². The first-order chi connectivity index (χ1) is 16.4. The highest BCUT2D eigenvalue weighted by Gasteiger charge is 2.50. The Morgan fingerprint density at radius 3 is 2.74 bits per heavy atom. The number of benzene rings is 2. The summed E-state index contributed by atoms with van der Waals surface area (Å²) in [7, 11) is 3.23. The molecule has 0 bridgehead atoms. The van der Waals surface area contributed by atoms with Gasteiger partial charge in [-0.05, 0) is 50.4 Å². The highest BCUT2D eigenvalue weighted by molar-refractivity contribution is 5.97. The minimum absolute atomic E-state index is 0.125. The number of halogens is 2. The van der Waals surface area contributed by atoms with Crippen molar-refractivity contribution in [3.63, 3.8) is 0 Å². The van der Waals surface area contributed by atoms with Gasteiger partial charge in [0.25, 0.3) is 0 Å². The van der Waals surface area contributed by atoms with Crippen molar-refractivity contribution in [2.75, 3.05) is 20.6 Å². The van der Waals surface area contributed by atoms with Gasteiger partial charge in [-0.15, -0.1) is 5.10 Å². The van der Waals surface area contributed by atoms with Crippen molar-refractivity contribution < 1.29 is 18.3 Å². The molecule has 1 aliphatic heterocycles. The van der Waals surface area contributed by atoms with Gasteiger partial charge < -0.3 is 15.0 Å². The van der Waals surface area contributed by atoms with Gasteiger partial charge in [0.05, 0.1) is 5.56 Å². The van der Waals surface area contributed by atoms with E-state index in [9.17, 15) is 13.6 Å². The fourth-order valence-electron chi connectivity index (χ4n) is 4.33. The van der Waals surface area contributed by atoms with E-state index in [1.54, 1.807) is 14.1 Å². The molecule has 1 aliphatic carbocycles. The molecule has 0 radical (unpaired) electrons. The Labute approximate surface area is 198 Å². The fourth-order valence-corrected chi connectivity index (χ4v) is 4.33. The maximum atomic E-state index is 14.6. The molecule has 2 aromatic carbocycles. The molecule has 4 rings (SSSR count). The number of amides is 2. The quantitative estimate of drug-likeness (QED) is 0.461. The lowest BCUT2D eigenvalue weighted by Crippen LogP contribution is -2.49. The van der Waals surface area contributed by atoms with Crippen LogP contribution in [0.2, 0.25) is 0 Å². The van der Waals surface area contributed by atoms with Crippen LogP contribution in [0.4, 0.5) is 13.6 Å². The number of ether oxygens (including phenoxy) is 1. The SMILES string of the molecule is CN(C)C(=O)N1N=C(c2cc(F)ccc2F)OC1(CCCNC1C=CCCC1)c1ccccc1. The van der Waals surface area contributed by atoms with Gasteiger partial charge in [-0.3, -0.25) is 0 Å². The first kappa shape index (κ1) is 23.9. The number of allylic oxidation sites excluding steroid dienone is 1. The van der Waals surface area contributed by atoms with Crippen LogP contribution in [0.5, 0.6) is 0 Å². The Kier molecular flexibility index (Phi) is 7.26. The molecule has 0 spiro atoms. The van der Waals surface area contributed by atoms with Crippen LogP contribution in [-0.2, 0) is 10.5 Å². The number of rotatable bonds is 7. The molecule has 6 nitrogen and oxygen atoms in total. The molecule has 0 saturated heterocycles. The maximum Gasteiger partial charge on any atom is 0.343 e. The summed E-state index contributed by atoms with van der Waals surface area (Å²) in [6.07, 6.45) is 8.83. The van der Waals surface area contributed by atoms with Gasteiger partial charge in [0.2, 0.25) is 11.6 Å². The molecule has 2 atom stereocenters. The molecule has 0 aromatic heterocycles. The van der Waals surface area contributed by atoms with Crippen LogP contribution in [0.1, 0.15) is 43.2 Å². The second kappa shape index (κ2) is 10.3. The van der Waals surface area contributed by atoms with Crippen LogP contribution < -0.4 is 5.32 Å². The van der Waals surface area contributed by atoms with Gasteiger partial charge in [-0.2, -0.15) is 5.01 Å². The smallest absolute Gasteiger partial charge is 0.343 e. The number of hydrogen-bond acceptors (Lipinski definition) is 4. The normalized spacial score (nSPS) is 21.8. The van der Waals surface area contributed by atoms with E-state index in [-0.39, 0.29) is 11.5 Å². The predicted molar refractivity (Wildman–Crippen MR) is 127 cm³/mol. The third kappa shape index (κ3) is 4.97. The molecule has 2 aliphatic rings. The van der Waals surface area contributed by atoms with E-state index in [1.807, 2.05) is 30.3 Å². The number of carbonyl (C=O) groups excluding carboxylic acids is 1. The van der Waals surface area contributed by atoms with Crippen LogP contribution >= 0.6 is 0 Å². The number of nitrogens with zero attached hydrogens (tertiary/aromatic N) is 3. The zero-order valence-electron chi connectivity index (χ0n) is 19.5. The molecule has 180 valence electrons. The second-order valence-electron chi connectivity index (χ2n) is 8.79. The average molecular weight is 469 g/mol. The third-order valence-electron chi connectivity index (χ3n) is 6.10. The molecule has 1 heterocycles. The Bertz CT molecular complexity index is 1070. The fraction of sp³-hybridized carbons (Fsp3) is 0.385. The molecule has 0 saturated carbocycles. The Morgan fingerprint density at radius 2 is 2.03 bits per heavy atom. The van der Waals surface area contributed by atoms with E-state index in [4.69, 9.17) is 4.74 Å². The van der Waals surface area contributed by atoms with E-state index in [0.29, 0.717) is 31.0 Å². The van der Waals surface area contributed by atoms with Gasteiger partial charge in [0.15, 0.2) is 0 Å². The maximum absolute atomic E-state index is 14.6. The van der Waals surface area contributed by atoms with Crippen molar-refractivity contribution in [3.8, 4) is 0 Å². The first-order valence-electron chi connectivity index (χ1n) is 11.6. The highest BCUT2D eigenvalue weighted by atomic mass is 19.1. The minimum Gasteiger partial charge on any atom is -0.443 e. The Hall–Kier alpha value is -3.26. The molecule has 1 N–H and O–H groups in total. The lowest BCUT2D eigenvalue weighted by molar-refractivity contribution is -0.0571. The molecular weight excluding hydrogens is 438 g/mol. The van der Waals surface area contributed by atoms with Crippen LogP contribution in [0.15, 0.2) is 65.8 Å². The molecule has 2 aromatic rings. The number of carbonyl (C=O) groups is 1.